The number of hydrogen-bond acceptors (Lipinski definition) is 2. The van der Waals surface area contributed by atoms with Gasteiger partial charge in [-0.2, -0.15) is 0 Å². The highest BCUT2D eigenvalue weighted by Gasteiger charge is 2.44. The number of halogens is 1. The second-order valence-corrected chi connectivity index (χ2v) is 6.16. The average Bonchev–Trinajstić information content (AvgIpc) is 3.35. The molecule has 2 aromatic rings. The van der Waals surface area contributed by atoms with E-state index in [0.717, 1.165) is 23.1 Å². The van der Waals surface area contributed by atoms with Crippen LogP contribution < -0.4 is 0 Å². The first-order valence-electron chi connectivity index (χ1n) is 8.02. The van der Waals surface area contributed by atoms with Crippen LogP contribution in [0.1, 0.15) is 29.0 Å². The molecule has 4 nitrogen and oxygen atoms in total. The molecule has 24 heavy (non-hydrogen) atoms. The average molecular weight is 329 g/mol. The van der Waals surface area contributed by atoms with Gasteiger partial charge in [-0.05, 0) is 41.7 Å². The van der Waals surface area contributed by atoms with E-state index in [9.17, 15) is 14.3 Å². The second-order valence-electron chi connectivity index (χ2n) is 6.16. The molecule has 0 heterocycles. The smallest absolute Gasteiger partial charge is 0.407 e. The van der Waals surface area contributed by atoms with Crippen molar-refractivity contribution < 1.29 is 19.4 Å². The van der Waals surface area contributed by atoms with Gasteiger partial charge in [-0.15, -0.1) is 0 Å². The molecule has 2 N–H and O–H groups in total. The molecule has 1 amide bonds. The van der Waals surface area contributed by atoms with Gasteiger partial charge in [0.05, 0.1) is 0 Å². The van der Waals surface area contributed by atoms with Crippen molar-refractivity contribution in [1.82, 2.24) is 4.90 Å². The van der Waals surface area contributed by atoms with Crippen LogP contribution >= 0.6 is 0 Å². The third kappa shape index (κ3) is 3.74. The van der Waals surface area contributed by atoms with Gasteiger partial charge < -0.3 is 15.1 Å². The summed E-state index contributed by atoms with van der Waals surface area (Å²) in [6.07, 6.45) is 0.419. The zero-order valence-electron chi connectivity index (χ0n) is 13.2. The summed E-state index contributed by atoms with van der Waals surface area (Å²) in [5.41, 5.74) is 2.92. The van der Waals surface area contributed by atoms with Gasteiger partial charge in [-0.1, -0.05) is 36.4 Å². The number of aliphatic hydroxyl groups is 1. The monoisotopic (exact) mass is 329 g/mol. The minimum atomic E-state index is -0.941. The van der Waals surface area contributed by atoms with Crippen molar-refractivity contribution in [2.24, 2.45) is 0 Å². The van der Waals surface area contributed by atoms with E-state index in [4.69, 9.17) is 5.11 Å². The van der Waals surface area contributed by atoms with Gasteiger partial charge in [0.2, 0.25) is 0 Å². The van der Waals surface area contributed by atoms with Crippen molar-refractivity contribution in [2.45, 2.75) is 31.3 Å². The molecule has 5 heteroatoms. The third-order valence-electron chi connectivity index (χ3n) is 4.48. The molecule has 126 valence electrons. The Morgan fingerprint density at radius 1 is 1.08 bits per heavy atom. The molecule has 2 aromatic carbocycles. The molecule has 0 unspecified atom stereocenters. The summed E-state index contributed by atoms with van der Waals surface area (Å²) in [5, 5.41) is 18.5. The van der Waals surface area contributed by atoms with Crippen LogP contribution in [0.3, 0.4) is 0 Å². The van der Waals surface area contributed by atoms with Crippen LogP contribution in [0.5, 0.6) is 0 Å². The molecular weight excluding hydrogens is 309 g/mol. The quantitative estimate of drug-likeness (QED) is 0.854. The van der Waals surface area contributed by atoms with Crippen LogP contribution in [-0.4, -0.2) is 33.9 Å². The van der Waals surface area contributed by atoms with Crippen molar-refractivity contribution in [3.8, 4) is 0 Å². The number of benzene rings is 2. The largest absolute Gasteiger partial charge is 0.465 e. The molecule has 1 saturated carbocycles. The zero-order valence-corrected chi connectivity index (χ0v) is 13.2. The van der Waals surface area contributed by atoms with Gasteiger partial charge in [0, 0.05) is 25.1 Å². The summed E-state index contributed by atoms with van der Waals surface area (Å²) < 4.78 is 13.0. The minimum Gasteiger partial charge on any atom is -0.465 e. The Bertz CT molecular complexity index is 700. The minimum absolute atomic E-state index is 0.0647. The summed E-state index contributed by atoms with van der Waals surface area (Å²) in [5.74, 6) is -0.149. The Balaban J connectivity index is 1.67. The van der Waals surface area contributed by atoms with Crippen LogP contribution in [0.4, 0.5) is 9.18 Å². The van der Waals surface area contributed by atoms with E-state index in [1.54, 1.807) is 12.1 Å². The van der Waals surface area contributed by atoms with Crippen molar-refractivity contribution >= 4 is 6.09 Å². The van der Waals surface area contributed by atoms with E-state index in [1.807, 2.05) is 24.3 Å². The van der Waals surface area contributed by atoms with E-state index < -0.39 is 6.09 Å². The molecule has 2 atom stereocenters. The molecule has 0 saturated heterocycles. The van der Waals surface area contributed by atoms with Gasteiger partial charge in [0.25, 0.3) is 0 Å². The van der Waals surface area contributed by atoms with Crippen molar-refractivity contribution in [3.63, 3.8) is 0 Å². The maximum Gasteiger partial charge on any atom is 0.407 e. The molecule has 0 radical (unpaired) electrons. The predicted molar refractivity (Wildman–Crippen MR) is 88.3 cm³/mol. The summed E-state index contributed by atoms with van der Waals surface area (Å²) in [4.78, 5) is 13.1. The topological polar surface area (TPSA) is 60.8 Å². The standard InChI is InChI=1S/C19H20FNO3/c20-16-7-5-15(6-8-16)17-11-18(17)21(19(23)24)12-14-3-1-13(2-4-14)9-10-22/h1-8,17-18,22H,9-12H2,(H,23,24)/t17-,18+/m0/s1. The zero-order chi connectivity index (χ0) is 17.1. The number of rotatable bonds is 6. The first-order valence-corrected chi connectivity index (χ1v) is 8.02. The highest BCUT2D eigenvalue weighted by molar-refractivity contribution is 5.66. The fraction of sp³-hybridized carbons (Fsp3) is 0.316. The van der Waals surface area contributed by atoms with Crippen LogP contribution in [-0.2, 0) is 13.0 Å². The molecule has 0 aromatic heterocycles. The van der Waals surface area contributed by atoms with Gasteiger partial charge in [0.1, 0.15) is 5.82 Å². The lowest BCUT2D eigenvalue weighted by atomic mass is 10.1. The fourth-order valence-corrected chi connectivity index (χ4v) is 3.06. The number of carboxylic acid groups (broad SMARTS) is 1. The molecule has 1 fully saturated rings. The molecule has 3 rings (SSSR count). The van der Waals surface area contributed by atoms with E-state index >= 15 is 0 Å². The fourth-order valence-electron chi connectivity index (χ4n) is 3.06. The second kappa shape index (κ2) is 7.01. The Hall–Kier alpha value is -2.40. The van der Waals surface area contributed by atoms with Gasteiger partial charge in [-0.25, -0.2) is 9.18 Å². The molecule has 0 aliphatic heterocycles. The lowest BCUT2D eigenvalue weighted by Crippen LogP contribution is -2.32. The maximum absolute atomic E-state index is 13.0. The van der Waals surface area contributed by atoms with Crippen LogP contribution in [0.15, 0.2) is 48.5 Å². The van der Waals surface area contributed by atoms with E-state index in [-0.39, 0.29) is 24.4 Å². The number of amides is 1. The number of carbonyl (C=O) groups is 1. The first kappa shape index (κ1) is 16.5. The van der Waals surface area contributed by atoms with Gasteiger partial charge in [-0.3, -0.25) is 0 Å². The third-order valence-corrected chi connectivity index (χ3v) is 4.48. The highest BCUT2D eigenvalue weighted by Crippen LogP contribution is 2.45. The Morgan fingerprint density at radius 2 is 1.71 bits per heavy atom. The van der Waals surface area contributed by atoms with E-state index in [1.165, 1.54) is 17.0 Å². The highest BCUT2D eigenvalue weighted by atomic mass is 19.1. The van der Waals surface area contributed by atoms with Crippen molar-refractivity contribution in [2.75, 3.05) is 6.61 Å². The Morgan fingerprint density at radius 3 is 2.29 bits per heavy atom. The van der Waals surface area contributed by atoms with Crippen LogP contribution in [0.25, 0.3) is 0 Å². The number of aliphatic hydroxyl groups excluding tert-OH is 1. The normalized spacial score (nSPS) is 19.1. The van der Waals surface area contributed by atoms with Crippen molar-refractivity contribution in [3.05, 3.63) is 71.0 Å². The Kier molecular flexibility index (Phi) is 4.81. The van der Waals surface area contributed by atoms with E-state index in [2.05, 4.69) is 0 Å². The number of nitrogens with zero attached hydrogens (tertiary/aromatic N) is 1. The van der Waals surface area contributed by atoms with Crippen molar-refractivity contribution in [1.29, 1.82) is 0 Å². The lowest BCUT2D eigenvalue weighted by molar-refractivity contribution is 0.138. The maximum atomic E-state index is 13.0. The SMILES string of the molecule is O=C(O)N(Cc1ccc(CCO)cc1)[C@@H]1C[C@H]1c1ccc(F)cc1. The first-order chi connectivity index (χ1) is 11.6. The molecule has 1 aliphatic rings. The molecular formula is C19H20FNO3. The number of hydrogen-bond donors (Lipinski definition) is 2. The van der Waals surface area contributed by atoms with Gasteiger partial charge in [0.15, 0.2) is 0 Å². The lowest BCUT2D eigenvalue weighted by Gasteiger charge is -2.20. The molecule has 0 bridgehead atoms. The summed E-state index contributed by atoms with van der Waals surface area (Å²) in [6, 6.07) is 13.8. The summed E-state index contributed by atoms with van der Waals surface area (Å²) in [7, 11) is 0. The summed E-state index contributed by atoms with van der Waals surface area (Å²) >= 11 is 0. The van der Waals surface area contributed by atoms with Crippen LogP contribution in [0.2, 0.25) is 0 Å². The van der Waals surface area contributed by atoms with Gasteiger partial charge >= 0.3 is 6.09 Å². The Labute approximate surface area is 140 Å². The molecule has 0 spiro atoms. The molecule has 1 aliphatic carbocycles. The predicted octanol–water partition coefficient (Wildman–Crippen LogP) is 3.40. The van der Waals surface area contributed by atoms with E-state index in [0.29, 0.717) is 13.0 Å². The summed E-state index contributed by atoms with van der Waals surface area (Å²) in [6.45, 7) is 0.430. The van der Waals surface area contributed by atoms with Crippen LogP contribution in [0, 0.1) is 5.82 Å².